The standard InChI is InChI=1S/C18N12/c19-1-7-8(2-20)27-30-16-13(7)17-18(26-10(4-22)9(3-21)25-17)15-12(6-24)29-28-11(5-23)14(15)16. The van der Waals surface area contributed by atoms with Crippen LogP contribution in [0, 0.1) is 68.0 Å². The van der Waals surface area contributed by atoms with Crippen LogP contribution in [0.5, 0.6) is 0 Å². The summed E-state index contributed by atoms with van der Waals surface area (Å²) in [6, 6.07) is 10.7. The van der Waals surface area contributed by atoms with E-state index in [0.717, 1.165) is 0 Å². The number of fused-ring (bicyclic) bond motifs is 6. The summed E-state index contributed by atoms with van der Waals surface area (Å²) in [5.74, 6) is 0. The lowest BCUT2D eigenvalue weighted by Crippen LogP contribution is -2.05. The summed E-state index contributed by atoms with van der Waals surface area (Å²) in [4.78, 5) is 8.29. The van der Waals surface area contributed by atoms with E-state index < -0.39 is 0 Å². The zero-order chi connectivity index (χ0) is 21.4. The third kappa shape index (κ3) is 2.14. The molecule has 0 aliphatic rings. The maximum Gasteiger partial charge on any atom is 0.181 e. The van der Waals surface area contributed by atoms with Crippen LogP contribution < -0.4 is 0 Å². The zero-order valence-corrected chi connectivity index (χ0v) is 14.4. The van der Waals surface area contributed by atoms with Crippen molar-refractivity contribution in [3.63, 3.8) is 0 Å². The van der Waals surface area contributed by atoms with Crippen molar-refractivity contribution in [2.45, 2.75) is 0 Å². The largest absolute Gasteiger partial charge is 0.232 e. The number of benzene rings is 1. The smallest absolute Gasteiger partial charge is 0.181 e. The lowest BCUT2D eigenvalue weighted by atomic mass is 9.98. The van der Waals surface area contributed by atoms with Crippen molar-refractivity contribution >= 4 is 32.7 Å². The Labute approximate surface area is 165 Å². The Bertz CT molecular complexity index is 1640. The molecule has 3 heterocycles. The Hall–Kier alpha value is -5.82. The highest BCUT2D eigenvalue weighted by atomic mass is 15.1. The first-order valence-corrected chi connectivity index (χ1v) is 7.78. The van der Waals surface area contributed by atoms with Crippen LogP contribution in [0.25, 0.3) is 32.7 Å². The number of hydrogen-bond donors (Lipinski definition) is 0. The maximum absolute atomic E-state index is 9.65. The van der Waals surface area contributed by atoms with Gasteiger partial charge in [-0.15, -0.1) is 20.4 Å². The molecule has 0 bridgehead atoms. The van der Waals surface area contributed by atoms with Gasteiger partial charge in [-0.3, -0.25) is 0 Å². The predicted molar refractivity (Wildman–Crippen MR) is 94.0 cm³/mol. The monoisotopic (exact) mass is 384 g/mol. The second-order valence-electron chi connectivity index (χ2n) is 5.58. The van der Waals surface area contributed by atoms with Crippen molar-refractivity contribution in [2.24, 2.45) is 0 Å². The summed E-state index contributed by atoms with van der Waals surface area (Å²) in [5, 5.41) is 71.8. The van der Waals surface area contributed by atoms with Gasteiger partial charge in [-0.05, 0) is 0 Å². The molecule has 0 atom stereocenters. The molecule has 0 spiro atoms. The van der Waals surface area contributed by atoms with Gasteiger partial charge in [0.2, 0.25) is 0 Å². The molecule has 0 fully saturated rings. The van der Waals surface area contributed by atoms with Gasteiger partial charge in [-0.25, -0.2) is 9.97 Å². The fourth-order valence-corrected chi connectivity index (χ4v) is 3.02. The summed E-state index contributed by atoms with van der Waals surface area (Å²) in [7, 11) is 0. The van der Waals surface area contributed by atoms with Crippen molar-refractivity contribution in [2.75, 3.05) is 0 Å². The van der Waals surface area contributed by atoms with Crippen molar-refractivity contribution < 1.29 is 0 Å². The van der Waals surface area contributed by atoms with E-state index in [1.54, 1.807) is 18.2 Å². The van der Waals surface area contributed by atoms with Crippen LogP contribution in [-0.4, -0.2) is 30.4 Å². The van der Waals surface area contributed by atoms with Crippen LogP contribution in [0.2, 0.25) is 0 Å². The molecule has 1 aromatic carbocycles. The molecule has 12 nitrogen and oxygen atoms in total. The molecule has 0 aliphatic carbocycles. The molecule has 132 valence electrons. The van der Waals surface area contributed by atoms with Crippen molar-refractivity contribution in [1.29, 1.82) is 31.6 Å². The van der Waals surface area contributed by atoms with E-state index in [0.29, 0.717) is 0 Å². The highest BCUT2D eigenvalue weighted by Crippen LogP contribution is 2.36. The number of aromatic nitrogens is 6. The van der Waals surface area contributed by atoms with Crippen LogP contribution in [0.4, 0.5) is 0 Å². The highest BCUT2D eigenvalue weighted by molar-refractivity contribution is 6.25. The van der Waals surface area contributed by atoms with Gasteiger partial charge in [0.05, 0.1) is 16.2 Å². The highest BCUT2D eigenvalue weighted by Gasteiger charge is 2.25. The van der Waals surface area contributed by atoms with E-state index in [2.05, 4.69) is 30.4 Å². The lowest BCUT2D eigenvalue weighted by Gasteiger charge is -2.11. The molecule has 3 aromatic heterocycles. The molecule has 0 saturated heterocycles. The second-order valence-corrected chi connectivity index (χ2v) is 5.58. The van der Waals surface area contributed by atoms with Crippen LogP contribution >= 0.6 is 0 Å². The minimum absolute atomic E-state index is 0.00608. The molecule has 4 rings (SSSR count). The molecular formula is C18N12. The van der Waals surface area contributed by atoms with Crippen LogP contribution in [0.3, 0.4) is 0 Å². The van der Waals surface area contributed by atoms with E-state index in [9.17, 15) is 31.6 Å². The molecule has 0 aliphatic heterocycles. The minimum Gasteiger partial charge on any atom is -0.232 e. The maximum atomic E-state index is 9.65. The van der Waals surface area contributed by atoms with Gasteiger partial charge in [0.15, 0.2) is 28.5 Å². The van der Waals surface area contributed by atoms with E-state index in [-0.39, 0.29) is 66.7 Å². The van der Waals surface area contributed by atoms with Gasteiger partial charge in [-0.2, -0.15) is 31.6 Å². The van der Waals surface area contributed by atoms with E-state index in [1.807, 2.05) is 18.2 Å². The van der Waals surface area contributed by atoms with Crippen LogP contribution in [0.15, 0.2) is 0 Å². The zero-order valence-electron chi connectivity index (χ0n) is 14.4. The van der Waals surface area contributed by atoms with Gasteiger partial charge >= 0.3 is 0 Å². The minimum atomic E-state index is -0.328. The normalized spacial score (nSPS) is 9.80. The van der Waals surface area contributed by atoms with E-state index in [4.69, 9.17) is 0 Å². The number of rotatable bonds is 0. The molecule has 0 unspecified atom stereocenters. The molecular weight excluding hydrogens is 384 g/mol. The Kier molecular flexibility index (Phi) is 3.76. The summed E-state index contributed by atoms with van der Waals surface area (Å²) in [6.07, 6.45) is 0. The molecule has 30 heavy (non-hydrogen) atoms. The Balaban J connectivity index is 2.55. The third-order valence-electron chi connectivity index (χ3n) is 4.19. The van der Waals surface area contributed by atoms with E-state index >= 15 is 0 Å². The predicted octanol–water partition coefficient (Wildman–Crippen LogP) is 0.746. The first kappa shape index (κ1) is 17.6. The summed E-state index contributed by atoms with van der Waals surface area (Å²) in [6.45, 7) is 0. The van der Waals surface area contributed by atoms with Crippen molar-refractivity contribution in [1.82, 2.24) is 30.4 Å². The first-order valence-electron chi connectivity index (χ1n) is 7.78. The Morgan fingerprint density at radius 1 is 0.400 bits per heavy atom. The van der Waals surface area contributed by atoms with Gasteiger partial charge < -0.3 is 0 Å². The summed E-state index contributed by atoms with van der Waals surface area (Å²) < 4.78 is 0. The topological polar surface area (TPSA) is 220 Å². The first-order chi connectivity index (χ1) is 14.6. The van der Waals surface area contributed by atoms with E-state index in [1.165, 1.54) is 0 Å². The van der Waals surface area contributed by atoms with Crippen molar-refractivity contribution in [3.8, 4) is 36.4 Å². The Morgan fingerprint density at radius 2 is 0.833 bits per heavy atom. The fraction of sp³-hybridized carbons (Fsp3) is 0. The molecule has 0 N–H and O–H groups in total. The second kappa shape index (κ2) is 6.41. The molecule has 4 aromatic rings. The SMILES string of the molecule is N#Cc1nc2c(nc1C#N)c1c(C#N)nnc(C#N)c1c1nnc(C#N)c(C#N)c21. The summed E-state index contributed by atoms with van der Waals surface area (Å²) >= 11 is 0. The summed E-state index contributed by atoms with van der Waals surface area (Å²) in [5.41, 5.74) is -1.82. The third-order valence-corrected chi connectivity index (χ3v) is 4.19. The Morgan fingerprint density at radius 3 is 1.30 bits per heavy atom. The average Bonchev–Trinajstić information content (AvgIpc) is 2.81. The van der Waals surface area contributed by atoms with Gasteiger partial charge in [0, 0.05) is 0 Å². The number of nitrogens with zero attached hydrogens (tertiary/aromatic N) is 12. The van der Waals surface area contributed by atoms with Crippen LogP contribution in [0.1, 0.15) is 34.0 Å². The van der Waals surface area contributed by atoms with Gasteiger partial charge in [-0.1, -0.05) is 0 Å². The lowest BCUT2D eigenvalue weighted by molar-refractivity contribution is 1.01. The number of nitriles is 6. The number of hydrogen-bond acceptors (Lipinski definition) is 12. The van der Waals surface area contributed by atoms with Crippen molar-refractivity contribution in [3.05, 3.63) is 34.0 Å². The molecule has 0 amide bonds. The molecule has 0 radical (unpaired) electrons. The van der Waals surface area contributed by atoms with Crippen LogP contribution in [-0.2, 0) is 0 Å². The average molecular weight is 384 g/mol. The quantitative estimate of drug-likeness (QED) is 0.383. The van der Waals surface area contributed by atoms with Gasteiger partial charge in [0.1, 0.15) is 58.5 Å². The molecule has 12 heteroatoms. The molecule has 0 saturated carbocycles. The fourth-order valence-electron chi connectivity index (χ4n) is 3.02. The van der Waals surface area contributed by atoms with Gasteiger partial charge in [0.25, 0.3) is 0 Å².